The van der Waals surface area contributed by atoms with E-state index in [2.05, 4.69) is 0 Å². The summed E-state index contributed by atoms with van der Waals surface area (Å²) >= 11 is 0. The lowest BCUT2D eigenvalue weighted by molar-refractivity contribution is -0.0423. The van der Waals surface area contributed by atoms with Crippen molar-refractivity contribution in [2.24, 2.45) is 5.73 Å². The second kappa shape index (κ2) is 8.92. The molecule has 0 fully saturated rings. The van der Waals surface area contributed by atoms with Crippen LogP contribution < -0.4 is 10.5 Å². The van der Waals surface area contributed by atoms with Crippen LogP contribution in [0.1, 0.15) is 25.5 Å². The molecule has 1 aromatic rings. The number of aliphatic hydroxyl groups excluding tert-OH is 1. The van der Waals surface area contributed by atoms with Gasteiger partial charge in [0.25, 0.3) is 0 Å². The molecule has 0 saturated heterocycles. The molecule has 2 unspecified atom stereocenters. The summed E-state index contributed by atoms with van der Waals surface area (Å²) in [4.78, 5) is 0. The third kappa shape index (κ3) is 6.34. The highest BCUT2D eigenvalue weighted by molar-refractivity contribution is 5.30. The highest BCUT2D eigenvalue weighted by Gasteiger charge is 2.09. The number of hydrogen-bond acceptors (Lipinski definition) is 5. The summed E-state index contributed by atoms with van der Waals surface area (Å²) in [5.41, 5.74) is 6.81. The molecule has 0 radical (unpaired) electrons. The van der Waals surface area contributed by atoms with Gasteiger partial charge in [0.05, 0.1) is 19.3 Å². The highest BCUT2D eigenvalue weighted by Crippen LogP contribution is 2.17. The van der Waals surface area contributed by atoms with Gasteiger partial charge in [-0.2, -0.15) is 0 Å². The van der Waals surface area contributed by atoms with Crippen molar-refractivity contribution >= 4 is 0 Å². The molecule has 1 aromatic carbocycles. The van der Waals surface area contributed by atoms with Crippen LogP contribution in [0.25, 0.3) is 0 Å². The molecule has 3 N–H and O–H groups in total. The Morgan fingerprint density at radius 3 is 2.60 bits per heavy atom. The normalized spacial score (nSPS) is 15.7. The standard InChI is InChI=1S/C15H25NO4/c1-11(8-18-3)19-9-14(17)10-20-15-6-4-5-13(7-15)12(2)16/h4-7,11-12,14,17H,8-10,16H2,1-3H3/t11?,12-,14?/m0/s1. The first-order valence-electron chi connectivity index (χ1n) is 6.80. The minimum absolute atomic E-state index is 0.0401. The zero-order valence-electron chi connectivity index (χ0n) is 12.4. The van der Waals surface area contributed by atoms with E-state index >= 15 is 0 Å². The minimum atomic E-state index is -0.673. The molecule has 1 rings (SSSR count). The fraction of sp³-hybridized carbons (Fsp3) is 0.600. The first-order valence-corrected chi connectivity index (χ1v) is 6.80. The predicted molar refractivity (Wildman–Crippen MR) is 77.8 cm³/mol. The molecule has 0 aromatic heterocycles. The summed E-state index contributed by atoms with van der Waals surface area (Å²) in [5.74, 6) is 0.698. The Hall–Kier alpha value is -1.14. The van der Waals surface area contributed by atoms with Gasteiger partial charge in [-0.1, -0.05) is 12.1 Å². The summed E-state index contributed by atoms with van der Waals surface area (Å²) in [5, 5.41) is 9.79. The third-order valence-electron chi connectivity index (χ3n) is 2.80. The lowest BCUT2D eigenvalue weighted by Gasteiger charge is -2.17. The molecule has 20 heavy (non-hydrogen) atoms. The van der Waals surface area contributed by atoms with Crippen LogP contribution in [0, 0.1) is 0 Å². The molecule has 0 aliphatic rings. The quantitative estimate of drug-likeness (QED) is 0.718. The number of hydrogen-bond donors (Lipinski definition) is 2. The predicted octanol–water partition coefficient (Wildman–Crippen LogP) is 1.50. The molecule has 114 valence electrons. The van der Waals surface area contributed by atoms with Crippen molar-refractivity contribution in [1.82, 2.24) is 0 Å². The Kier molecular flexibility index (Phi) is 7.54. The van der Waals surface area contributed by atoms with Gasteiger partial charge >= 0.3 is 0 Å². The summed E-state index contributed by atoms with van der Waals surface area (Å²) in [6.45, 7) is 4.71. The molecule has 0 saturated carbocycles. The lowest BCUT2D eigenvalue weighted by atomic mass is 10.1. The van der Waals surface area contributed by atoms with E-state index < -0.39 is 6.10 Å². The van der Waals surface area contributed by atoms with E-state index in [9.17, 15) is 5.11 Å². The van der Waals surface area contributed by atoms with E-state index in [0.29, 0.717) is 12.4 Å². The molecule has 0 aliphatic heterocycles. The maximum Gasteiger partial charge on any atom is 0.119 e. The summed E-state index contributed by atoms with van der Waals surface area (Å²) in [6, 6.07) is 7.52. The van der Waals surface area contributed by atoms with Gasteiger partial charge < -0.3 is 25.1 Å². The Morgan fingerprint density at radius 2 is 1.95 bits per heavy atom. The first-order chi connectivity index (χ1) is 9.52. The smallest absolute Gasteiger partial charge is 0.119 e. The monoisotopic (exact) mass is 283 g/mol. The molecule has 0 aliphatic carbocycles. The van der Waals surface area contributed by atoms with Crippen LogP contribution >= 0.6 is 0 Å². The Morgan fingerprint density at radius 1 is 1.20 bits per heavy atom. The van der Waals surface area contributed by atoms with Crippen molar-refractivity contribution in [3.63, 3.8) is 0 Å². The van der Waals surface area contributed by atoms with Gasteiger partial charge in [-0.3, -0.25) is 0 Å². The molecule has 5 nitrogen and oxygen atoms in total. The average molecular weight is 283 g/mol. The van der Waals surface area contributed by atoms with Gasteiger partial charge in [0.15, 0.2) is 0 Å². The van der Waals surface area contributed by atoms with Crippen LogP contribution in [0.3, 0.4) is 0 Å². The molecule has 3 atom stereocenters. The van der Waals surface area contributed by atoms with E-state index in [-0.39, 0.29) is 25.4 Å². The second-order valence-electron chi connectivity index (χ2n) is 4.93. The number of nitrogens with two attached hydrogens (primary N) is 1. The summed E-state index contributed by atoms with van der Waals surface area (Å²) < 4.78 is 15.9. The van der Waals surface area contributed by atoms with Crippen LogP contribution in [0.5, 0.6) is 5.75 Å². The summed E-state index contributed by atoms with van der Waals surface area (Å²) in [7, 11) is 1.62. The summed E-state index contributed by atoms with van der Waals surface area (Å²) in [6.07, 6.45) is -0.718. The van der Waals surface area contributed by atoms with Crippen LogP contribution in [-0.4, -0.2) is 44.2 Å². The number of aliphatic hydroxyl groups is 1. The molecule has 0 heterocycles. The van der Waals surface area contributed by atoms with Gasteiger partial charge in [0.1, 0.15) is 18.5 Å². The molecule has 0 spiro atoms. The van der Waals surface area contributed by atoms with Crippen molar-refractivity contribution in [2.75, 3.05) is 26.9 Å². The zero-order chi connectivity index (χ0) is 15.0. The average Bonchev–Trinajstić information content (AvgIpc) is 2.43. The first kappa shape index (κ1) is 16.9. The molecular weight excluding hydrogens is 258 g/mol. The van der Waals surface area contributed by atoms with Crippen LogP contribution in [0.2, 0.25) is 0 Å². The molecule has 5 heteroatoms. The maximum atomic E-state index is 9.79. The van der Waals surface area contributed by atoms with Gasteiger partial charge in [-0.25, -0.2) is 0 Å². The number of ether oxygens (including phenoxy) is 3. The van der Waals surface area contributed by atoms with E-state index in [1.807, 2.05) is 38.1 Å². The van der Waals surface area contributed by atoms with Crippen molar-refractivity contribution in [3.05, 3.63) is 29.8 Å². The van der Waals surface area contributed by atoms with Gasteiger partial charge in [0.2, 0.25) is 0 Å². The van der Waals surface area contributed by atoms with Crippen molar-refractivity contribution in [3.8, 4) is 5.75 Å². The Balaban J connectivity index is 2.33. The number of methoxy groups -OCH3 is 1. The molecule has 0 amide bonds. The van der Waals surface area contributed by atoms with Crippen LogP contribution in [0.4, 0.5) is 0 Å². The Bertz CT molecular complexity index is 384. The number of rotatable bonds is 9. The van der Waals surface area contributed by atoms with Crippen LogP contribution in [0.15, 0.2) is 24.3 Å². The second-order valence-corrected chi connectivity index (χ2v) is 4.93. The maximum absolute atomic E-state index is 9.79. The fourth-order valence-electron chi connectivity index (χ4n) is 1.69. The number of benzene rings is 1. The van der Waals surface area contributed by atoms with Gasteiger partial charge in [-0.05, 0) is 31.5 Å². The molecular formula is C15H25NO4. The van der Waals surface area contributed by atoms with E-state index in [1.165, 1.54) is 0 Å². The van der Waals surface area contributed by atoms with E-state index in [0.717, 1.165) is 5.56 Å². The largest absolute Gasteiger partial charge is 0.491 e. The van der Waals surface area contributed by atoms with E-state index in [1.54, 1.807) is 7.11 Å². The van der Waals surface area contributed by atoms with Crippen molar-refractivity contribution in [1.29, 1.82) is 0 Å². The topological polar surface area (TPSA) is 73.9 Å². The Labute approximate surface area is 120 Å². The van der Waals surface area contributed by atoms with Gasteiger partial charge in [-0.15, -0.1) is 0 Å². The van der Waals surface area contributed by atoms with Crippen molar-refractivity contribution in [2.45, 2.75) is 32.1 Å². The zero-order valence-corrected chi connectivity index (χ0v) is 12.4. The lowest BCUT2D eigenvalue weighted by Crippen LogP contribution is -2.27. The van der Waals surface area contributed by atoms with Crippen molar-refractivity contribution < 1.29 is 19.3 Å². The SMILES string of the molecule is COCC(C)OCC(O)COc1cccc([C@H](C)N)c1. The highest BCUT2D eigenvalue weighted by atomic mass is 16.5. The fourth-order valence-corrected chi connectivity index (χ4v) is 1.69. The minimum Gasteiger partial charge on any atom is -0.491 e. The van der Waals surface area contributed by atoms with Gasteiger partial charge in [0, 0.05) is 13.2 Å². The third-order valence-corrected chi connectivity index (χ3v) is 2.80. The van der Waals surface area contributed by atoms with E-state index in [4.69, 9.17) is 19.9 Å². The molecule has 0 bridgehead atoms. The van der Waals surface area contributed by atoms with Crippen LogP contribution in [-0.2, 0) is 9.47 Å².